The minimum absolute atomic E-state index is 0.106. The summed E-state index contributed by atoms with van der Waals surface area (Å²) in [4.78, 5) is 72.5. The molecule has 0 amide bonds. The predicted octanol–water partition coefficient (Wildman–Crippen LogP) is 20.8. The van der Waals surface area contributed by atoms with Crippen molar-refractivity contribution < 1.29 is 80.2 Å². The molecule has 0 spiro atoms. The monoisotopic (exact) mass is 1340 g/mol. The molecule has 0 aromatic heterocycles. The molecule has 0 heterocycles. The average Bonchev–Trinajstić information content (AvgIpc) is 3.19. The van der Waals surface area contributed by atoms with Crippen molar-refractivity contribution in [2.75, 3.05) is 39.6 Å². The van der Waals surface area contributed by atoms with E-state index in [0.717, 1.165) is 102 Å². The highest BCUT2D eigenvalue weighted by Crippen LogP contribution is 2.45. The molecule has 3 N–H and O–H groups in total. The van der Waals surface area contributed by atoms with Crippen LogP contribution in [0.5, 0.6) is 0 Å². The summed E-state index contributed by atoms with van der Waals surface area (Å²) in [6.45, 7) is 9.57. The number of esters is 4. The van der Waals surface area contributed by atoms with Gasteiger partial charge in [0.2, 0.25) is 0 Å². The van der Waals surface area contributed by atoms with Gasteiger partial charge in [-0.2, -0.15) is 0 Å². The average molecular weight is 1340 g/mol. The van der Waals surface area contributed by atoms with Crippen LogP contribution < -0.4 is 0 Å². The van der Waals surface area contributed by atoms with E-state index in [-0.39, 0.29) is 25.7 Å². The van der Waals surface area contributed by atoms with E-state index in [1.165, 1.54) is 186 Å². The van der Waals surface area contributed by atoms with Crippen molar-refractivity contribution in [2.24, 2.45) is 11.8 Å². The van der Waals surface area contributed by atoms with Gasteiger partial charge < -0.3 is 33.8 Å². The van der Waals surface area contributed by atoms with Crippen molar-refractivity contribution in [2.45, 2.75) is 387 Å². The minimum atomic E-state index is -4.95. The Labute approximate surface area is 556 Å². The van der Waals surface area contributed by atoms with E-state index in [1.54, 1.807) is 0 Å². The number of hydrogen-bond donors (Lipinski definition) is 3. The number of carbonyl (C=O) groups is 4. The fourth-order valence-electron chi connectivity index (χ4n) is 10.9. The van der Waals surface area contributed by atoms with Crippen molar-refractivity contribution in [3.05, 3.63) is 0 Å². The summed E-state index contributed by atoms with van der Waals surface area (Å²) in [5.74, 6) is -0.537. The van der Waals surface area contributed by atoms with Crippen LogP contribution in [0.4, 0.5) is 0 Å². The molecular formula is C72H140O17P2. The normalized spacial score (nSPS) is 14.1. The highest BCUT2D eigenvalue weighted by Gasteiger charge is 2.30. The molecule has 0 rings (SSSR count). The molecule has 0 bridgehead atoms. The molecule has 0 aromatic carbocycles. The van der Waals surface area contributed by atoms with E-state index in [9.17, 15) is 43.2 Å². The van der Waals surface area contributed by atoms with Crippen LogP contribution in [-0.2, 0) is 65.4 Å². The molecule has 540 valence electrons. The smallest absolute Gasteiger partial charge is 0.462 e. The third-order valence-corrected chi connectivity index (χ3v) is 18.6. The van der Waals surface area contributed by atoms with Crippen LogP contribution in [0.3, 0.4) is 0 Å². The van der Waals surface area contributed by atoms with Crippen LogP contribution in [-0.4, -0.2) is 96.7 Å². The number of carbonyl (C=O) groups excluding carboxylic acids is 4. The standard InChI is InChI=1S/C72H140O17P2/c1-7-9-11-13-15-28-36-42-48-54-69(74)82-60-67(88-71(76)56-50-44-38-29-16-14-12-10-8-2)62-86-90(78,79)84-58-66(73)59-85-91(80,81)87-63-68(61-83-70(75)55-49-43-37-32-26-23-19-21-25-31-35-41-47-53-65(5)6)89-72(77)57-51-45-39-33-27-22-18-17-20-24-30-34-40-46-52-64(3)4/h64-68,73H,7-63H2,1-6H3,(H,78,79)(H,80,81)/t66-,67+,68+/m0/s1. The molecule has 0 radical (unpaired) electrons. The Morgan fingerprint density at radius 3 is 0.747 bits per heavy atom. The first-order valence-corrected chi connectivity index (χ1v) is 40.5. The van der Waals surface area contributed by atoms with Gasteiger partial charge in [0.25, 0.3) is 0 Å². The summed E-state index contributed by atoms with van der Waals surface area (Å²) < 4.78 is 68.3. The molecule has 5 atom stereocenters. The summed E-state index contributed by atoms with van der Waals surface area (Å²) >= 11 is 0. The van der Waals surface area contributed by atoms with E-state index >= 15 is 0 Å². The van der Waals surface area contributed by atoms with Gasteiger partial charge in [-0.3, -0.25) is 37.3 Å². The lowest BCUT2D eigenvalue weighted by Gasteiger charge is -2.21. The molecular weight excluding hydrogens is 1200 g/mol. The van der Waals surface area contributed by atoms with Gasteiger partial charge >= 0.3 is 39.5 Å². The van der Waals surface area contributed by atoms with Crippen LogP contribution in [0.15, 0.2) is 0 Å². The highest BCUT2D eigenvalue weighted by atomic mass is 31.2. The lowest BCUT2D eigenvalue weighted by atomic mass is 10.0. The SMILES string of the molecule is CCCCCCCCCCCC(=O)OC[C@H](COP(=O)(O)OC[C@H](O)COP(=O)(O)OC[C@@H](COC(=O)CCCCCCCCCCCCCCCC(C)C)OC(=O)CCCCCCCCCCCCCCCCC(C)C)OC(=O)CCCCCCCCCCC. The third-order valence-electron chi connectivity index (χ3n) is 16.7. The quantitative estimate of drug-likeness (QED) is 0.0222. The minimum Gasteiger partial charge on any atom is -0.462 e. The van der Waals surface area contributed by atoms with Crippen molar-refractivity contribution in [3.8, 4) is 0 Å². The number of aliphatic hydroxyl groups excluding tert-OH is 1. The zero-order valence-electron chi connectivity index (χ0n) is 59.1. The number of unbranched alkanes of at least 4 members (excludes halogenated alkanes) is 41. The number of phosphoric ester groups is 2. The van der Waals surface area contributed by atoms with Gasteiger partial charge in [0.1, 0.15) is 19.3 Å². The maximum absolute atomic E-state index is 13.0. The maximum Gasteiger partial charge on any atom is 0.472 e. The maximum atomic E-state index is 13.0. The number of rotatable bonds is 71. The van der Waals surface area contributed by atoms with E-state index in [4.69, 9.17) is 37.0 Å². The molecule has 0 aromatic rings. The van der Waals surface area contributed by atoms with Crippen molar-refractivity contribution in [1.29, 1.82) is 0 Å². The molecule has 2 unspecified atom stereocenters. The first-order chi connectivity index (χ1) is 43.9. The van der Waals surface area contributed by atoms with Crippen LogP contribution in [0.25, 0.3) is 0 Å². The number of aliphatic hydroxyl groups is 1. The van der Waals surface area contributed by atoms with Gasteiger partial charge in [0, 0.05) is 25.7 Å². The number of phosphoric acid groups is 2. The first kappa shape index (κ1) is 89.1. The van der Waals surface area contributed by atoms with Crippen molar-refractivity contribution in [3.63, 3.8) is 0 Å². The van der Waals surface area contributed by atoms with Gasteiger partial charge in [-0.15, -0.1) is 0 Å². The van der Waals surface area contributed by atoms with Gasteiger partial charge in [0.05, 0.1) is 26.4 Å². The predicted molar refractivity (Wildman–Crippen MR) is 368 cm³/mol. The second-order valence-electron chi connectivity index (χ2n) is 26.9. The molecule has 91 heavy (non-hydrogen) atoms. The van der Waals surface area contributed by atoms with Crippen LogP contribution in [0.2, 0.25) is 0 Å². The van der Waals surface area contributed by atoms with Crippen LogP contribution >= 0.6 is 15.6 Å². The topological polar surface area (TPSA) is 237 Å². The number of ether oxygens (including phenoxy) is 4. The second kappa shape index (κ2) is 64.1. The summed E-state index contributed by atoms with van der Waals surface area (Å²) in [7, 11) is -9.90. The number of hydrogen-bond acceptors (Lipinski definition) is 15. The fraction of sp³-hybridized carbons (Fsp3) is 0.944. The summed E-state index contributed by atoms with van der Waals surface area (Å²) in [6, 6.07) is 0. The first-order valence-electron chi connectivity index (χ1n) is 37.5. The Balaban J connectivity index is 5.21. The molecule has 0 saturated heterocycles. The van der Waals surface area contributed by atoms with E-state index < -0.39 is 97.5 Å². The Morgan fingerprint density at radius 1 is 0.297 bits per heavy atom. The Morgan fingerprint density at radius 2 is 0.505 bits per heavy atom. The molecule has 17 nitrogen and oxygen atoms in total. The van der Waals surface area contributed by atoms with E-state index in [2.05, 4.69) is 41.5 Å². The molecule has 0 fully saturated rings. The van der Waals surface area contributed by atoms with Gasteiger partial charge in [-0.05, 0) is 37.5 Å². The van der Waals surface area contributed by atoms with Crippen LogP contribution in [0, 0.1) is 11.8 Å². The second-order valence-corrected chi connectivity index (χ2v) is 29.8. The van der Waals surface area contributed by atoms with Crippen molar-refractivity contribution in [1.82, 2.24) is 0 Å². The molecule has 0 aliphatic carbocycles. The Hall–Kier alpha value is -1.94. The van der Waals surface area contributed by atoms with E-state index in [1.807, 2.05) is 0 Å². The Bertz CT molecular complexity index is 1770. The highest BCUT2D eigenvalue weighted by molar-refractivity contribution is 7.47. The fourth-order valence-corrected chi connectivity index (χ4v) is 12.5. The molecule has 19 heteroatoms. The Kier molecular flexibility index (Phi) is 62.7. The summed E-state index contributed by atoms with van der Waals surface area (Å²) in [5.41, 5.74) is 0. The lowest BCUT2D eigenvalue weighted by molar-refractivity contribution is -0.161. The molecule has 0 aliphatic rings. The lowest BCUT2D eigenvalue weighted by Crippen LogP contribution is -2.30. The van der Waals surface area contributed by atoms with Gasteiger partial charge in [-0.1, -0.05) is 318 Å². The van der Waals surface area contributed by atoms with E-state index in [0.29, 0.717) is 25.7 Å². The van der Waals surface area contributed by atoms with Crippen LogP contribution in [0.1, 0.15) is 369 Å². The third kappa shape index (κ3) is 66.5. The zero-order valence-corrected chi connectivity index (χ0v) is 60.9. The zero-order chi connectivity index (χ0) is 67.2. The van der Waals surface area contributed by atoms with Gasteiger partial charge in [-0.25, -0.2) is 9.13 Å². The largest absolute Gasteiger partial charge is 0.472 e. The van der Waals surface area contributed by atoms with Crippen molar-refractivity contribution >= 4 is 39.5 Å². The summed E-state index contributed by atoms with van der Waals surface area (Å²) in [6.07, 6.45) is 49.9. The van der Waals surface area contributed by atoms with Gasteiger partial charge in [0.15, 0.2) is 12.2 Å². The molecule has 0 aliphatic heterocycles. The molecule has 0 saturated carbocycles. The summed E-state index contributed by atoms with van der Waals surface area (Å²) in [5, 5.41) is 10.6.